The van der Waals surface area contributed by atoms with Crippen molar-refractivity contribution < 1.29 is 18.5 Å². The highest BCUT2D eigenvalue weighted by molar-refractivity contribution is 6.33. The predicted molar refractivity (Wildman–Crippen MR) is 137 cm³/mol. The van der Waals surface area contributed by atoms with Crippen LogP contribution in [0, 0.1) is 6.92 Å². The fourth-order valence-corrected chi connectivity index (χ4v) is 4.43. The van der Waals surface area contributed by atoms with Crippen molar-refractivity contribution in [3.05, 3.63) is 82.8 Å². The van der Waals surface area contributed by atoms with Crippen molar-refractivity contribution in [1.82, 2.24) is 15.4 Å². The number of furan rings is 1. The Balaban J connectivity index is 1.30. The van der Waals surface area contributed by atoms with Gasteiger partial charge in [0.1, 0.15) is 22.8 Å². The fraction of sp³-hybridized carbons (Fsp3) is 0.222. The van der Waals surface area contributed by atoms with Gasteiger partial charge in [-0.3, -0.25) is 9.59 Å². The number of hydrogen-bond acceptors (Lipinski definition) is 6. The molecule has 8 nitrogen and oxygen atoms in total. The van der Waals surface area contributed by atoms with Gasteiger partial charge in [-0.15, -0.1) is 0 Å². The number of carbonyl (C=O) groups is 2. The largest absolute Gasteiger partial charge is 0.451 e. The van der Waals surface area contributed by atoms with Gasteiger partial charge in [-0.2, -0.15) is 0 Å². The number of halogens is 1. The molecule has 1 saturated heterocycles. The second kappa shape index (κ2) is 10.4. The SMILES string of the molecule is Cc1onc(-c2ccccc2Cl)c1C(=O)Nc1ccc(-c2ccc(C(=O)N3CCCNCC3)o2)cc1. The summed E-state index contributed by atoms with van der Waals surface area (Å²) in [5, 5.41) is 10.7. The Kier molecular flexibility index (Phi) is 6.88. The summed E-state index contributed by atoms with van der Waals surface area (Å²) in [5.74, 6) is 0.841. The molecule has 1 aliphatic heterocycles. The number of anilines is 1. The predicted octanol–water partition coefficient (Wildman–Crippen LogP) is 5.25. The fourth-order valence-electron chi connectivity index (χ4n) is 4.20. The first kappa shape index (κ1) is 23.8. The van der Waals surface area contributed by atoms with Crippen molar-refractivity contribution in [1.29, 1.82) is 0 Å². The van der Waals surface area contributed by atoms with Crippen LogP contribution < -0.4 is 10.6 Å². The van der Waals surface area contributed by atoms with E-state index in [2.05, 4.69) is 15.8 Å². The molecule has 9 heteroatoms. The number of aryl methyl sites for hydroxylation is 1. The minimum atomic E-state index is -0.353. The van der Waals surface area contributed by atoms with Gasteiger partial charge in [0.25, 0.3) is 11.8 Å². The Labute approximate surface area is 213 Å². The third-order valence-corrected chi connectivity index (χ3v) is 6.42. The van der Waals surface area contributed by atoms with Crippen LogP contribution in [0.1, 0.15) is 33.1 Å². The smallest absolute Gasteiger partial charge is 0.289 e. The maximum Gasteiger partial charge on any atom is 0.289 e. The van der Waals surface area contributed by atoms with Crippen LogP contribution in [0.5, 0.6) is 0 Å². The van der Waals surface area contributed by atoms with E-state index in [4.69, 9.17) is 20.5 Å². The summed E-state index contributed by atoms with van der Waals surface area (Å²) in [7, 11) is 0. The van der Waals surface area contributed by atoms with Gasteiger partial charge in [0.05, 0.1) is 5.02 Å². The molecule has 2 aromatic heterocycles. The molecule has 2 amide bonds. The Hall–Kier alpha value is -3.88. The van der Waals surface area contributed by atoms with Gasteiger partial charge >= 0.3 is 0 Å². The lowest BCUT2D eigenvalue weighted by Gasteiger charge is -2.18. The lowest BCUT2D eigenvalue weighted by Crippen LogP contribution is -2.33. The van der Waals surface area contributed by atoms with Gasteiger partial charge < -0.3 is 24.5 Å². The Bertz CT molecular complexity index is 1390. The van der Waals surface area contributed by atoms with Crippen molar-refractivity contribution >= 4 is 29.1 Å². The van der Waals surface area contributed by atoms with E-state index in [1.165, 1.54) is 0 Å². The van der Waals surface area contributed by atoms with E-state index in [1.54, 1.807) is 43.3 Å². The van der Waals surface area contributed by atoms with Crippen molar-refractivity contribution in [3.63, 3.8) is 0 Å². The molecule has 0 aliphatic carbocycles. The summed E-state index contributed by atoms with van der Waals surface area (Å²) in [6, 6.07) is 17.9. The molecule has 0 atom stereocenters. The molecule has 1 fully saturated rings. The first-order valence-electron chi connectivity index (χ1n) is 11.7. The van der Waals surface area contributed by atoms with Crippen molar-refractivity contribution in [2.45, 2.75) is 13.3 Å². The monoisotopic (exact) mass is 504 g/mol. The summed E-state index contributed by atoms with van der Waals surface area (Å²) in [5.41, 5.74) is 2.72. The van der Waals surface area contributed by atoms with E-state index in [1.807, 2.05) is 29.2 Å². The van der Waals surface area contributed by atoms with Crippen LogP contribution in [0.25, 0.3) is 22.6 Å². The molecular formula is C27H25ClN4O4. The van der Waals surface area contributed by atoms with Crippen LogP contribution in [0.2, 0.25) is 5.02 Å². The van der Waals surface area contributed by atoms with Crippen molar-refractivity contribution in [3.8, 4) is 22.6 Å². The summed E-state index contributed by atoms with van der Waals surface area (Å²) in [4.78, 5) is 27.7. The minimum absolute atomic E-state index is 0.104. The molecule has 36 heavy (non-hydrogen) atoms. The van der Waals surface area contributed by atoms with Gasteiger partial charge in [0.2, 0.25) is 0 Å². The molecule has 3 heterocycles. The normalized spacial score (nSPS) is 13.9. The van der Waals surface area contributed by atoms with Gasteiger partial charge in [-0.05, 0) is 62.4 Å². The summed E-state index contributed by atoms with van der Waals surface area (Å²) in [6.07, 6.45) is 0.917. The standard InChI is InChI=1S/C27H25ClN4O4/c1-17-24(25(31-36-17)20-5-2-3-6-21(20)28)26(33)30-19-9-7-18(8-10-19)22-11-12-23(35-22)27(34)32-15-4-13-29-14-16-32/h2-3,5-12,29H,4,13-16H2,1H3,(H,30,33). The third-order valence-electron chi connectivity index (χ3n) is 6.09. The Morgan fingerprint density at radius 2 is 1.83 bits per heavy atom. The van der Waals surface area contributed by atoms with E-state index in [0.29, 0.717) is 57.9 Å². The van der Waals surface area contributed by atoms with E-state index in [0.717, 1.165) is 25.1 Å². The number of carbonyl (C=O) groups excluding carboxylic acids is 2. The van der Waals surface area contributed by atoms with E-state index >= 15 is 0 Å². The maximum absolute atomic E-state index is 13.1. The average molecular weight is 505 g/mol. The van der Waals surface area contributed by atoms with Crippen LogP contribution >= 0.6 is 11.6 Å². The molecule has 184 valence electrons. The zero-order valence-electron chi connectivity index (χ0n) is 19.7. The van der Waals surface area contributed by atoms with Crippen LogP contribution in [0.3, 0.4) is 0 Å². The van der Waals surface area contributed by atoms with Crippen molar-refractivity contribution in [2.75, 3.05) is 31.5 Å². The van der Waals surface area contributed by atoms with Gasteiger partial charge in [-0.25, -0.2) is 0 Å². The number of hydrogen-bond donors (Lipinski definition) is 2. The maximum atomic E-state index is 13.1. The molecular weight excluding hydrogens is 480 g/mol. The molecule has 0 radical (unpaired) electrons. The van der Waals surface area contributed by atoms with E-state index in [-0.39, 0.29) is 11.8 Å². The molecule has 0 saturated carbocycles. The number of aromatic nitrogens is 1. The first-order valence-corrected chi connectivity index (χ1v) is 12.1. The lowest BCUT2D eigenvalue weighted by atomic mass is 10.1. The second-order valence-corrected chi connectivity index (χ2v) is 8.94. The van der Waals surface area contributed by atoms with Gasteiger partial charge in [-0.1, -0.05) is 35.0 Å². The molecule has 0 bridgehead atoms. The first-order chi connectivity index (χ1) is 17.5. The van der Waals surface area contributed by atoms with Crippen LogP contribution in [0.4, 0.5) is 5.69 Å². The molecule has 0 unspecified atom stereocenters. The van der Waals surface area contributed by atoms with Crippen LogP contribution in [-0.2, 0) is 0 Å². The van der Waals surface area contributed by atoms with Crippen LogP contribution in [-0.4, -0.2) is 48.0 Å². The summed E-state index contributed by atoms with van der Waals surface area (Å²) >= 11 is 6.30. The van der Waals surface area contributed by atoms with Gasteiger partial charge in [0.15, 0.2) is 5.76 Å². The van der Waals surface area contributed by atoms with Crippen molar-refractivity contribution in [2.24, 2.45) is 0 Å². The minimum Gasteiger partial charge on any atom is -0.451 e. The molecule has 1 aliphatic rings. The average Bonchev–Trinajstić information content (AvgIpc) is 3.43. The zero-order valence-corrected chi connectivity index (χ0v) is 20.5. The van der Waals surface area contributed by atoms with E-state index in [9.17, 15) is 9.59 Å². The molecule has 0 spiro atoms. The summed E-state index contributed by atoms with van der Waals surface area (Å²) < 4.78 is 11.2. The number of nitrogens with one attached hydrogen (secondary N) is 2. The number of amides is 2. The lowest BCUT2D eigenvalue weighted by molar-refractivity contribution is 0.0735. The number of nitrogens with zero attached hydrogens (tertiary/aromatic N) is 2. The van der Waals surface area contributed by atoms with E-state index < -0.39 is 0 Å². The van der Waals surface area contributed by atoms with Gasteiger partial charge in [0, 0.05) is 36.4 Å². The number of benzene rings is 2. The molecule has 2 N–H and O–H groups in total. The highest BCUT2D eigenvalue weighted by atomic mass is 35.5. The topological polar surface area (TPSA) is 101 Å². The molecule has 2 aromatic carbocycles. The third kappa shape index (κ3) is 4.91. The highest BCUT2D eigenvalue weighted by Gasteiger charge is 2.24. The molecule has 5 rings (SSSR count). The number of rotatable bonds is 5. The summed E-state index contributed by atoms with van der Waals surface area (Å²) in [6.45, 7) is 4.74. The Morgan fingerprint density at radius 3 is 2.64 bits per heavy atom. The molecule has 4 aromatic rings. The second-order valence-electron chi connectivity index (χ2n) is 8.53. The highest BCUT2D eigenvalue weighted by Crippen LogP contribution is 2.32. The Morgan fingerprint density at radius 1 is 1.03 bits per heavy atom. The quantitative estimate of drug-likeness (QED) is 0.385. The zero-order chi connectivity index (χ0) is 25.1. The van der Waals surface area contributed by atoms with Crippen LogP contribution in [0.15, 0.2) is 69.6 Å².